The summed E-state index contributed by atoms with van der Waals surface area (Å²) in [5.74, 6) is -1.11. The van der Waals surface area contributed by atoms with Gasteiger partial charge in [0.25, 0.3) is 5.91 Å². The number of hydrogen-bond acceptors (Lipinski definition) is 8. The Balaban J connectivity index is 1.41. The molecule has 40 heavy (non-hydrogen) atoms. The van der Waals surface area contributed by atoms with Crippen LogP contribution in [0.3, 0.4) is 0 Å². The number of pyridine rings is 1. The SMILES string of the molecule is C[C@@H]1CN(c2ccc(C(=O)Nc3cc(F)c4nc(CO)cn4c3)c3nccnc23)C[C@H](C)N1C(=O)OC(C)(C)C. The third kappa shape index (κ3) is 5.26. The molecule has 0 spiro atoms. The van der Waals surface area contributed by atoms with Gasteiger partial charge in [0, 0.05) is 43.9 Å². The molecule has 2 atom stereocenters. The maximum absolute atomic E-state index is 14.6. The number of nitrogens with one attached hydrogen (secondary N) is 1. The van der Waals surface area contributed by atoms with Crippen LogP contribution >= 0.6 is 0 Å². The molecule has 1 saturated heterocycles. The van der Waals surface area contributed by atoms with Crippen LogP contribution in [-0.4, -0.2) is 72.1 Å². The number of amides is 2. The minimum Gasteiger partial charge on any atom is -0.444 e. The van der Waals surface area contributed by atoms with E-state index in [0.29, 0.717) is 29.8 Å². The van der Waals surface area contributed by atoms with Crippen molar-refractivity contribution >= 4 is 40.1 Å². The average Bonchev–Trinajstić information content (AvgIpc) is 3.30. The predicted octanol–water partition coefficient (Wildman–Crippen LogP) is 4.00. The molecule has 1 aromatic carbocycles. The summed E-state index contributed by atoms with van der Waals surface area (Å²) in [7, 11) is 0. The zero-order valence-electron chi connectivity index (χ0n) is 23.1. The van der Waals surface area contributed by atoms with Crippen molar-refractivity contribution in [1.29, 1.82) is 0 Å². The highest BCUT2D eigenvalue weighted by molar-refractivity contribution is 6.13. The van der Waals surface area contributed by atoms with E-state index in [1.807, 2.05) is 40.7 Å². The van der Waals surface area contributed by atoms with Crippen LogP contribution in [-0.2, 0) is 11.3 Å². The molecule has 1 aliphatic rings. The van der Waals surface area contributed by atoms with Gasteiger partial charge in [-0.15, -0.1) is 0 Å². The van der Waals surface area contributed by atoms with Crippen molar-refractivity contribution in [2.75, 3.05) is 23.3 Å². The summed E-state index contributed by atoms with van der Waals surface area (Å²) < 4.78 is 21.6. The monoisotopic (exact) mass is 549 g/mol. The summed E-state index contributed by atoms with van der Waals surface area (Å²) in [4.78, 5) is 43.1. The molecular formula is C28H32FN7O4. The number of carbonyl (C=O) groups is 2. The highest BCUT2D eigenvalue weighted by atomic mass is 19.1. The fourth-order valence-corrected chi connectivity index (χ4v) is 5.13. The number of aliphatic hydroxyl groups is 1. The molecule has 12 heteroatoms. The van der Waals surface area contributed by atoms with Crippen molar-refractivity contribution in [3.63, 3.8) is 0 Å². The number of aliphatic hydroxyl groups excluding tert-OH is 1. The van der Waals surface area contributed by atoms with E-state index in [2.05, 4.69) is 25.2 Å². The molecule has 0 unspecified atom stereocenters. The molecule has 4 aromatic rings. The summed E-state index contributed by atoms with van der Waals surface area (Å²) in [6.07, 6.45) is 5.76. The third-order valence-electron chi connectivity index (χ3n) is 6.69. The van der Waals surface area contributed by atoms with Gasteiger partial charge < -0.3 is 24.5 Å². The second-order valence-corrected chi connectivity index (χ2v) is 11.0. The highest BCUT2D eigenvalue weighted by Crippen LogP contribution is 2.31. The number of ether oxygens (including phenoxy) is 1. The van der Waals surface area contributed by atoms with Crippen LogP contribution in [0.4, 0.5) is 20.6 Å². The number of benzene rings is 1. The summed E-state index contributed by atoms with van der Waals surface area (Å²) in [5.41, 5.74) is 2.02. The first-order valence-electron chi connectivity index (χ1n) is 13.0. The quantitative estimate of drug-likeness (QED) is 0.392. The third-order valence-corrected chi connectivity index (χ3v) is 6.69. The van der Waals surface area contributed by atoms with Crippen LogP contribution < -0.4 is 10.2 Å². The number of aromatic nitrogens is 4. The Hall–Kier alpha value is -4.32. The fourth-order valence-electron chi connectivity index (χ4n) is 5.13. The number of imidazole rings is 1. The van der Waals surface area contributed by atoms with Crippen molar-refractivity contribution in [3.8, 4) is 0 Å². The van der Waals surface area contributed by atoms with Crippen molar-refractivity contribution < 1.29 is 23.8 Å². The van der Waals surface area contributed by atoms with Gasteiger partial charge in [-0.1, -0.05) is 0 Å². The smallest absolute Gasteiger partial charge is 0.410 e. The standard InChI is InChI=1S/C28H32FN7O4/c1-16-11-34(12-17(2)36(16)27(39)40-28(3,4)5)22-7-6-20(23-24(22)31-9-8-30-23)26(38)33-18-10-21(29)25-32-19(15-37)14-35(25)13-18/h6-10,13-14,16-17,37H,11-12,15H2,1-5H3,(H,33,38)/t16-,17+. The van der Waals surface area contributed by atoms with Gasteiger partial charge in [-0.25, -0.2) is 14.2 Å². The van der Waals surface area contributed by atoms with Crippen LogP contribution in [0.1, 0.15) is 50.7 Å². The van der Waals surface area contributed by atoms with Gasteiger partial charge in [-0.2, -0.15) is 0 Å². The van der Waals surface area contributed by atoms with E-state index < -0.39 is 17.3 Å². The molecule has 11 nitrogen and oxygen atoms in total. The van der Waals surface area contributed by atoms with E-state index in [0.717, 1.165) is 5.69 Å². The number of rotatable bonds is 4. The molecule has 0 radical (unpaired) electrons. The maximum Gasteiger partial charge on any atom is 0.410 e. The first-order valence-corrected chi connectivity index (χ1v) is 13.0. The fraction of sp³-hybridized carbons (Fsp3) is 0.393. The molecule has 1 fully saturated rings. The summed E-state index contributed by atoms with van der Waals surface area (Å²) in [6, 6.07) is 4.41. The number of carbonyl (C=O) groups excluding carboxylic acids is 2. The Kier molecular flexibility index (Phi) is 7.05. The Morgan fingerprint density at radius 3 is 2.42 bits per heavy atom. The molecule has 1 aliphatic heterocycles. The van der Waals surface area contributed by atoms with E-state index in [-0.39, 0.29) is 41.7 Å². The van der Waals surface area contributed by atoms with Crippen LogP contribution in [0.5, 0.6) is 0 Å². The van der Waals surface area contributed by atoms with Gasteiger partial charge in [0.05, 0.1) is 41.3 Å². The molecule has 0 aliphatic carbocycles. The average molecular weight is 550 g/mol. The molecular weight excluding hydrogens is 517 g/mol. The molecule has 210 valence electrons. The van der Waals surface area contributed by atoms with Crippen molar-refractivity contribution in [2.24, 2.45) is 0 Å². The van der Waals surface area contributed by atoms with Crippen LogP contribution in [0, 0.1) is 5.82 Å². The van der Waals surface area contributed by atoms with E-state index in [4.69, 9.17) is 4.74 Å². The van der Waals surface area contributed by atoms with Gasteiger partial charge in [0.15, 0.2) is 11.5 Å². The van der Waals surface area contributed by atoms with Gasteiger partial charge in [-0.3, -0.25) is 19.7 Å². The van der Waals surface area contributed by atoms with E-state index in [1.165, 1.54) is 29.1 Å². The Labute approximate surface area is 230 Å². The lowest BCUT2D eigenvalue weighted by Crippen LogP contribution is -2.59. The zero-order valence-corrected chi connectivity index (χ0v) is 23.1. The van der Waals surface area contributed by atoms with E-state index in [9.17, 15) is 19.1 Å². The Morgan fingerprint density at radius 2 is 1.77 bits per heavy atom. The summed E-state index contributed by atoms with van der Waals surface area (Å²) in [6.45, 7) is 10.2. The van der Waals surface area contributed by atoms with Crippen LogP contribution in [0.2, 0.25) is 0 Å². The minimum absolute atomic E-state index is 0.0536. The second kappa shape index (κ2) is 10.3. The molecule has 3 aromatic heterocycles. The molecule has 5 rings (SSSR count). The van der Waals surface area contributed by atoms with Gasteiger partial charge >= 0.3 is 6.09 Å². The molecule has 0 saturated carbocycles. The number of fused-ring (bicyclic) bond motifs is 2. The van der Waals surface area contributed by atoms with Gasteiger partial charge in [0.2, 0.25) is 0 Å². The first-order chi connectivity index (χ1) is 18.9. The maximum atomic E-state index is 14.6. The predicted molar refractivity (Wildman–Crippen MR) is 148 cm³/mol. The van der Waals surface area contributed by atoms with Crippen LogP contribution in [0.15, 0.2) is 43.0 Å². The lowest BCUT2D eigenvalue weighted by molar-refractivity contribution is 0.00566. The van der Waals surface area contributed by atoms with Crippen LogP contribution in [0.25, 0.3) is 16.7 Å². The van der Waals surface area contributed by atoms with Crippen molar-refractivity contribution in [2.45, 2.75) is 58.9 Å². The zero-order chi connectivity index (χ0) is 28.8. The first kappa shape index (κ1) is 27.3. The lowest BCUT2D eigenvalue weighted by Gasteiger charge is -2.45. The van der Waals surface area contributed by atoms with Crippen molar-refractivity contribution in [1.82, 2.24) is 24.3 Å². The number of piperazine rings is 1. The van der Waals surface area contributed by atoms with Gasteiger partial charge in [0.1, 0.15) is 16.6 Å². The second-order valence-electron chi connectivity index (χ2n) is 11.0. The van der Waals surface area contributed by atoms with E-state index >= 15 is 0 Å². The normalized spacial score (nSPS) is 17.9. The largest absolute Gasteiger partial charge is 0.444 e. The summed E-state index contributed by atoms with van der Waals surface area (Å²) >= 11 is 0. The lowest BCUT2D eigenvalue weighted by atomic mass is 10.1. The minimum atomic E-state index is -0.633. The van der Waals surface area contributed by atoms with Crippen molar-refractivity contribution in [3.05, 3.63) is 60.1 Å². The Bertz CT molecular complexity index is 1590. The number of halogens is 1. The summed E-state index contributed by atoms with van der Waals surface area (Å²) in [5, 5.41) is 12.0. The van der Waals surface area contributed by atoms with E-state index in [1.54, 1.807) is 17.2 Å². The highest BCUT2D eigenvalue weighted by Gasteiger charge is 2.36. The number of hydrogen-bond donors (Lipinski definition) is 2. The molecule has 4 heterocycles. The Morgan fingerprint density at radius 1 is 1.10 bits per heavy atom. The number of nitrogens with zero attached hydrogens (tertiary/aromatic N) is 6. The molecule has 2 N–H and O–H groups in total. The molecule has 2 amide bonds. The molecule has 0 bridgehead atoms. The van der Waals surface area contributed by atoms with Gasteiger partial charge in [-0.05, 0) is 46.8 Å². The number of anilines is 2. The topological polar surface area (TPSA) is 125 Å².